The summed E-state index contributed by atoms with van der Waals surface area (Å²) in [5, 5.41) is 14.4. The quantitative estimate of drug-likeness (QED) is 0.832. The molecule has 4 atom stereocenters. The summed E-state index contributed by atoms with van der Waals surface area (Å²) in [6.45, 7) is 7.11. The smallest absolute Gasteiger partial charge is 0.229 e. The summed E-state index contributed by atoms with van der Waals surface area (Å²) in [6, 6.07) is 0. The van der Waals surface area contributed by atoms with E-state index in [1.165, 1.54) is 6.42 Å². The van der Waals surface area contributed by atoms with Crippen LogP contribution < -0.4 is 0 Å². The molecule has 0 radical (unpaired) electrons. The zero-order valence-corrected chi connectivity index (χ0v) is 17.4. The highest BCUT2D eigenvalue weighted by Gasteiger charge is 2.65. The topological polar surface area (TPSA) is 53.4 Å². The Labute approximate surface area is 161 Å². The first-order valence-electron chi connectivity index (χ1n) is 10.1. The first-order valence-corrected chi connectivity index (χ1v) is 11.0. The van der Waals surface area contributed by atoms with Crippen molar-refractivity contribution in [3.05, 3.63) is 16.1 Å². The lowest BCUT2D eigenvalue weighted by Gasteiger charge is -2.64. The van der Waals surface area contributed by atoms with Crippen LogP contribution in [0.25, 0.3) is 0 Å². The normalized spacial score (nSPS) is 38.2. The number of hydrogen-bond donors (Lipinski definition) is 1. The van der Waals surface area contributed by atoms with Crippen molar-refractivity contribution in [2.24, 2.45) is 16.7 Å². The Kier molecular flexibility index (Phi) is 4.27. The monoisotopic (exact) mass is 376 g/mol. The summed E-state index contributed by atoms with van der Waals surface area (Å²) in [6.07, 6.45) is 6.67. The standard InChI is InChI=1S/C21H32N2O2S/c1-5-19-6-15-7-20(11-19,13-21(25,8-15)12-19)18(24)23(4)9-16-10-26-17(22-16)14(2)3/h10,14-15,25H,5-9,11-13H2,1-4H3. The van der Waals surface area contributed by atoms with E-state index in [4.69, 9.17) is 4.98 Å². The van der Waals surface area contributed by atoms with E-state index in [0.29, 0.717) is 24.8 Å². The van der Waals surface area contributed by atoms with Gasteiger partial charge in [0, 0.05) is 18.3 Å². The molecule has 5 rings (SSSR count). The molecule has 4 aliphatic rings. The maximum Gasteiger partial charge on any atom is 0.229 e. The maximum absolute atomic E-state index is 13.5. The van der Waals surface area contributed by atoms with Crippen LogP contribution in [0.3, 0.4) is 0 Å². The third-order valence-corrected chi connectivity index (χ3v) is 8.36. The number of nitrogens with zero attached hydrogens (tertiary/aromatic N) is 2. The summed E-state index contributed by atoms with van der Waals surface area (Å²) in [5.74, 6) is 1.17. The Morgan fingerprint density at radius 2 is 2.12 bits per heavy atom. The fraction of sp³-hybridized carbons (Fsp3) is 0.810. The molecule has 144 valence electrons. The second-order valence-corrected chi connectivity index (χ2v) is 10.7. The minimum atomic E-state index is -0.614. The summed E-state index contributed by atoms with van der Waals surface area (Å²) < 4.78 is 0. The van der Waals surface area contributed by atoms with Crippen LogP contribution in [-0.4, -0.2) is 33.5 Å². The van der Waals surface area contributed by atoms with Crippen LogP contribution >= 0.6 is 11.3 Å². The van der Waals surface area contributed by atoms with Crippen molar-refractivity contribution >= 4 is 17.2 Å². The molecule has 1 aromatic heterocycles. The van der Waals surface area contributed by atoms with Crippen LogP contribution in [0.4, 0.5) is 0 Å². The summed E-state index contributed by atoms with van der Waals surface area (Å²) in [5.41, 5.74) is 0.201. The number of hydrogen-bond acceptors (Lipinski definition) is 4. The van der Waals surface area contributed by atoms with Gasteiger partial charge in [-0.05, 0) is 49.9 Å². The number of amides is 1. The largest absolute Gasteiger partial charge is 0.390 e. The summed E-state index contributed by atoms with van der Waals surface area (Å²) in [4.78, 5) is 20.1. The van der Waals surface area contributed by atoms with E-state index in [-0.39, 0.29) is 16.7 Å². The molecule has 1 amide bonds. The lowest BCUT2D eigenvalue weighted by atomic mass is 9.42. The molecule has 5 heteroatoms. The van der Waals surface area contributed by atoms with Gasteiger partial charge in [0.25, 0.3) is 0 Å². The van der Waals surface area contributed by atoms with Crippen molar-refractivity contribution in [3.63, 3.8) is 0 Å². The lowest BCUT2D eigenvalue weighted by molar-refractivity contribution is -0.209. The molecule has 26 heavy (non-hydrogen) atoms. The van der Waals surface area contributed by atoms with Crippen molar-refractivity contribution < 1.29 is 9.90 Å². The molecule has 0 spiro atoms. The van der Waals surface area contributed by atoms with Crippen LogP contribution in [0.1, 0.15) is 82.3 Å². The van der Waals surface area contributed by atoms with Gasteiger partial charge < -0.3 is 10.0 Å². The summed E-state index contributed by atoms with van der Waals surface area (Å²) >= 11 is 1.68. The van der Waals surface area contributed by atoms with E-state index in [2.05, 4.69) is 26.2 Å². The molecule has 4 bridgehead atoms. The Balaban J connectivity index is 1.55. The molecule has 0 saturated heterocycles. The Bertz CT molecular complexity index is 717. The highest BCUT2D eigenvalue weighted by molar-refractivity contribution is 7.09. The molecule has 4 nitrogen and oxygen atoms in total. The number of rotatable bonds is 5. The van der Waals surface area contributed by atoms with Gasteiger partial charge in [0.15, 0.2) is 0 Å². The molecule has 4 aliphatic carbocycles. The number of aliphatic hydroxyl groups is 1. The second-order valence-electron chi connectivity index (χ2n) is 9.86. The first-order chi connectivity index (χ1) is 12.2. The van der Waals surface area contributed by atoms with Crippen molar-refractivity contribution in [2.45, 2.75) is 83.8 Å². The Morgan fingerprint density at radius 1 is 1.35 bits per heavy atom. The highest BCUT2D eigenvalue weighted by atomic mass is 32.1. The molecule has 0 aliphatic heterocycles. The van der Waals surface area contributed by atoms with E-state index in [1.807, 2.05) is 11.9 Å². The molecule has 1 N–H and O–H groups in total. The average Bonchev–Trinajstić information content (AvgIpc) is 3.00. The van der Waals surface area contributed by atoms with Gasteiger partial charge in [0.05, 0.1) is 28.3 Å². The van der Waals surface area contributed by atoms with Crippen molar-refractivity contribution in [1.82, 2.24) is 9.88 Å². The SMILES string of the molecule is CCC12CC3CC(O)(C1)CC(C(=O)N(C)Cc1csc(C(C)C)n1)(C3)C2. The molecule has 1 aromatic rings. The van der Waals surface area contributed by atoms with Gasteiger partial charge in [0.1, 0.15) is 0 Å². The van der Waals surface area contributed by atoms with E-state index in [9.17, 15) is 9.90 Å². The number of carbonyl (C=O) groups excluding carboxylic acids is 1. The minimum absolute atomic E-state index is 0.177. The third kappa shape index (κ3) is 2.91. The molecule has 1 heterocycles. The van der Waals surface area contributed by atoms with Gasteiger partial charge >= 0.3 is 0 Å². The van der Waals surface area contributed by atoms with Crippen LogP contribution in [0, 0.1) is 16.7 Å². The van der Waals surface area contributed by atoms with Crippen LogP contribution in [-0.2, 0) is 11.3 Å². The number of aromatic nitrogens is 1. The Morgan fingerprint density at radius 3 is 2.73 bits per heavy atom. The minimum Gasteiger partial charge on any atom is -0.390 e. The third-order valence-electron chi connectivity index (χ3n) is 7.17. The van der Waals surface area contributed by atoms with E-state index < -0.39 is 5.60 Å². The molecule has 4 unspecified atom stereocenters. The summed E-state index contributed by atoms with van der Waals surface area (Å²) in [7, 11) is 1.91. The molecule has 0 aromatic carbocycles. The zero-order valence-electron chi connectivity index (χ0n) is 16.5. The Hall–Kier alpha value is -0.940. The van der Waals surface area contributed by atoms with Crippen molar-refractivity contribution in [1.29, 1.82) is 0 Å². The highest BCUT2D eigenvalue weighted by Crippen LogP contribution is 2.67. The fourth-order valence-corrected chi connectivity index (χ4v) is 7.42. The van der Waals surface area contributed by atoms with E-state index >= 15 is 0 Å². The van der Waals surface area contributed by atoms with Gasteiger partial charge in [-0.1, -0.05) is 27.2 Å². The van der Waals surface area contributed by atoms with Gasteiger partial charge in [-0.15, -0.1) is 11.3 Å². The number of carbonyl (C=O) groups is 1. The molecular weight excluding hydrogens is 344 g/mol. The second kappa shape index (κ2) is 6.03. The molecule has 4 fully saturated rings. The average molecular weight is 377 g/mol. The van der Waals surface area contributed by atoms with Crippen molar-refractivity contribution in [2.75, 3.05) is 7.05 Å². The molecular formula is C21H32N2O2S. The fourth-order valence-electron chi connectivity index (χ4n) is 6.60. The van der Waals surface area contributed by atoms with Crippen LogP contribution in [0.5, 0.6) is 0 Å². The van der Waals surface area contributed by atoms with E-state index in [0.717, 1.165) is 42.8 Å². The lowest BCUT2D eigenvalue weighted by Crippen LogP contribution is -2.63. The van der Waals surface area contributed by atoms with Gasteiger partial charge in [-0.2, -0.15) is 0 Å². The maximum atomic E-state index is 13.5. The van der Waals surface area contributed by atoms with Crippen LogP contribution in [0.15, 0.2) is 5.38 Å². The van der Waals surface area contributed by atoms with Gasteiger partial charge in [-0.25, -0.2) is 4.98 Å². The predicted octanol–water partition coefficient (Wildman–Crippen LogP) is 4.34. The first kappa shape index (κ1) is 18.4. The zero-order chi connectivity index (χ0) is 18.7. The van der Waals surface area contributed by atoms with E-state index in [1.54, 1.807) is 11.3 Å². The van der Waals surface area contributed by atoms with Crippen molar-refractivity contribution in [3.8, 4) is 0 Å². The predicted molar refractivity (Wildman–Crippen MR) is 104 cm³/mol. The number of thiazole rings is 1. The van der Waals surface area contributed by atoms with Gasteiger partial charge in [-0.3, -0.25) is 4.79 Å². The van der Waals surface area contributed by atoms with Gasteiger partial charge in [0.2, 0.25) is 5.91 Å². The molecule has 4 saturated carbocycles. The van der Waals surface area contributed by atoms with Crippen LogP contribution in [0.2, 0.25) is 0 Å².